The Morgan fingerprint density at radius 1 is 1.07 bits per heavy atom. The molecule has 1 aliphatic carbocycles. The molecule has 1 amide bonds. The standard InChI is InChI=1S/C21H20N2O3S/c1-25-17-9-8-14(12-18(17)26-2)16-13-27-20(22-16)23-19(24)21(10-11-21)15-6-4-3-5-7-15/h3-9,12-13H,10-11H2,1-2H3,(H,22,23,24). The van der Waals surface area contributed by atoms with Gasteiger partial charge in [0.05, 0.1) is 25.3 Å². The van der Waals surface area contributed by atoms with Gasteiger partial charge in [-0.2, -0.15) is 0 Å². The molecule has 0 unspecified atom stereocenters. The molecule has 138 valence electrons. The van der Waals surface area contributed by atoms with E-state index in [2.05, 4.69) is 10.3 Å². The highest BCUT2D eigenvalue weighted by molar-refractivity contribution is 7.14. The number of hydrogen-bond donors (Lipinski definition) is 1. The smallest absolute Gasteiger partial charge is 0.236 e. The minimum Gasteiger partial charge on any atom is -0.493 e. The lowest BCUT2D eigenvalue weighted by atomic mass is 9.95. The van der Waals surface area contributed by atoms with Crippen LogP contribution in [0.3, 0.4) is 0 Å². The van der Waals surface area contributed by atoms with E-state index in [9.17, 15) is 4.79 Å². The molecular formula is C21H20N2O3S. The Balaban J connectivity index is 1.53. The van der Waals surface area contributed by atoms with Crippen molar-refractivity contribution in [3.63, 3.8) is 0 Å². The van der Waals surface area contributed by atoms with Gasteiger partial charge in [-0.25, -0.2) is 4.98 Å². The first-order valence-corrected chi connectivity index (χ1v) is 9.59. The van der Waals surface area contributed by atoms with Gasteiger partial charge in [0.2, 0.25) is 5.91 Å². The van der Waals surface area contributed by atoms with Crippen molar-refractivity contribution in [2.75, 3.05) is 19.5 Å². The molecule has 6 heteroatoms. The number of rotatable bonds is 6. The number of methoxy groups -OCH3 is 2. The predicted octanol–water partition coefficient (Wildman–Crippen LogP) is 4.50. The summed E-state index contributed by atoms with van der Waals surface area (Å²) in [4.78, 5) is 17.4. The van der Waals surface area contributed by atoms with E-state index in [1.165, 1.54) is 11.3 Å². The van der Waals surface area contributed by atoms with Gasteiger partial charge >= 0.3 is 0 Å². The number of hydrogen-bond acceptors (Lipinski definition) is 5. The number of carbonyl (C=O) groups is 1. The van der Waals surface area contributed by atoms with Gasteiger partial charge in [-0.05, 0) is 36.6 Å². The van der Waals surface area contributed by atoms with Gasteiger partial charge in [-0.15, -0.1) is 11.3 Å². The van der Waals surface area contributed by atoms with Crippen LogP contribution in [0.1, 0.15) is 18.4 Å². The van der Waals surface area contributed by atoms with E-state index < -0.39 is 5.41 Å². The quantitative estimate of drug-likeness (QED) is 0.684. The molecule has 1 aliphatic rings. The molecule has 27 heavy (non-hydrogen) atoms. The molecule has 3 aromatic rings. The summed E-state index contributed by atoms with van der Waals surface area (Å²) in [6.07, 6.45) is 1.74. The van der Waals surface area contributed by atoms with Crippen LogP contribution in [0.4, 0.5) is 5.13 Å². The minimum absolute atomic E-state index is 0.0157. The fourth-order valence-electron chi connectivity index (χ4n) is 3.21. The Morgan fingerprint density at radius 3 is 2.48 bits per heavy atom. The number of carbonyl (C=O) groups excluding carboxylic acids is 1. The first-order valence-electron chi connectivity index (χ1n) is 8.71. The van der Waals surface area contributed by atoms with E-state index in [1.807, 2.05) is 53.9 Å². The van der Waals surface area contributed by atoms with Crippen LogP contribution >= 0.6 is 11.3 Å². The number of nitrogens with zero attached hydrogens (tertiary/aromatic N) is 1. The third-order valence-electron chi connectivity index (χ3n) is 4.91. The summed E-state index contributed by atoms with van der Waals surface area (Å²) >= 11 is 1.42. The normalized spacial score (nSPS) is 14.4. The molecule has 1 saturated carbocycles. The third-order valence-corrected chi connectivity index (χ3v) is 5.67. The second-order valence-corrected chi connectivity index (χ2v) is 7.37. The molecule has 0 saturated heterocycles. The zero-order valence-electron chi connectivity index (χ0n) is 15.2. The number of benzene rings is 2. The lowest BCUT2D eigenvalue weighted by Gasteiger charge is -2.14. The van der Waals surface area contributed by atoms with Crippen LogP contribution in [0.15, 0.2) is 53.9 Å². The number of aromatic nitrogens is 1. The molecule has 2 aromatic carbocycles. The number of anilines is 1. The molecule has 0 aliphatic heterocycles. The molecule has 1 aromatic heterocycles. The summed E-state index contributed by atoms with van der Waals surface area (Å²) < 4.78 is 10.6. The fraction of sp³-hybridized carbons (Fsp3) is 0.238. The predicted molar refractivity (Wildman–Crippen MR) is 107 cm³/mol. The van der Waals surface area contributed by atoms with Gasteiger partial charge in [0.25, 0.3) is 0 Å². The van der Waals surface area contributed by atoms with Crippen LogP contribution in [0.2, 0.25) is 0 Å². The Bertz CT molecular complexity index is 965. The first kappa shape index (κ1) is 17.5. The second-order valence-electron chi connectivity index (χ2n) is 6.51. The Kier molecular flexibility index (Phi) is 4.58. The van der Waals surface area contributed by atoms with E-state index >= 15 is 0 Å². The fourth-order valence-corrected chi connectivity index (χ4v) is 3.92. The van der Waals surface area contributed by atoms with Gasteiger partial charge in [-0.3, -0.25) is 4.79 Å². The lowest BCUT2D eigenvalue weighted by molar-refractivity contribution is -0.118. The lowest BCUT2D eigenvalue weighted by Crippen LogP contribution is -2.27. The van der Waals surface area contributed by atoms with E-state index in [1.54, 1.807) is 14.2 Å². The summed E-state index contributed by atoms with van der Waals surface area (Å²) in [7, 11) is 3.21. The van der Waals surface area contributed by atoms with Crippen molar-refractivity contribution in [3.05, 3.63) is 59.5 Å². The molecule has 0 radical (unpaired) electrons. The van der Waals surface area contributed by atoms with Crippen molar-refractivity contribution in [1.29, 1.82) is 0 Å². The number of thiazole rings is 1. The third kappa shape index (κ3) is 3.28. The topological polar surface area (TPSA) is 60.5 Å². The van der Waals surface area contributed by atoms with Gasteiger partial charge in [0.1, 0.15) is 0 Å². The zero-order chi connectivity index (χ0) is 18.9. The van der Waals surface area contributed by atoms with E-state index in [0.717, 1.165) is 29.7 Å². The van der Waals surface area contributed by atoms with Crippen molar-refractivity contribution in [2.45, 2.75) is 18.3 Å². The van der Waals surface area contributed by atoms with Crippen molar-refractivity contribution in [3.8, 4) is 22.8 Å². The van der Waals surface area contributed by atoms with Crippen LogP contribution in [-0.2, 0) is 10.2 Å². The van der Waals surface area contributed by atoms with E-state index in [0.29, 0.717) is 16.6 Å². The minimum atomic E-state index is -0.406. The van der Waals surface area contributed by atoms with Gasteiger partial charge in [0, 0.05) is 10.9 Å². The molecular weight excluding hydrogens is 360 g/mol. The molecule has 1 N–H and O–H groups in total. The summed E-state index contributed by atoms with van der Waals surface area (Å²) in [6.45, 7) is 0. The van der Waals surface area contributed by atoms with Crippen LogP contribution in [0.25, 0.3) is 11.3 Å². The Labute approximate surface area is 162 Å². The van der Waals surface area contributed by atoms with Crippen molar-refractivity contribution < 1.29 is 14.3 Å². The average molecular weight is 380 g/mol. The van der Waals surface area contributed by atoms with Crippen LogP contribution in [0.5, 0.6) is 11.5 Å². The summed E-state index contributed by atoms with van der Waals surface area (Å²) in [5.74, 6) is 1.33. The molecule has 0 spiro atoms. The molecule has 5 nitrogen and oxygen atoms in total. The molecule has 0 atom stereocenters. The maximum absolute atomic E-state index is 12.8. The molecule has 1 fully saturated rings. The van der Waals surface area contributed by atoms with Gasteiger partial charge in [0.15, 0.2) is 16.6 Å². The monoisotopic (exact) mass is 380 g/mol. The van der Waals surface area contributed by atoms with Crippen LogP contribution in [-0.4, -0.2) is 25.1 Å². The Morgan fingerprint density at radius 2 is 1.81 bits per heavy atom. The number of nitrogens with one attached hydrogen (secondary N) is 1. The average Bonchev–Trinajstić information content (AvgIpc) is 3.41. The summed E-state index contributed by atoms with van der Waals surface area (Å²) in [5.41, 5.74) is 2.37. The van der Waals surface area contributed by atoms with Crippen LogP contribution < -0.4 is 14.8 Å². The van der Waals surface area contributed by atoms with Gasteiger partial charge < -0.3 is 14.8 Å². The largest absolute Gasteiger partial charge is 0.493 e. The van der Waals surface area contributed by atoms with Crippen LogP contribution in [0, 0.1) is 0 Å². The summed E-state index contributed by atoms with van der Waals surface area (Å²) in [5, 5.41) is 5.53. The maximum Gasteiger partial charge on any atom is 0.236 e. The van der Waals surface area contributed by atoms with Crippen molar-refractivity contribution in [2.24, 2.45) is 0 Å². The molecule has 1 heterocycles. The number of ether oxygens (including phenoxy) is 2. The number of amides is 1. The zero-order valence-corrected chi connectivity index (χ0v) is 16.0. The molecule has 4 rings (SSSR count). The highest BCUT2D eigenvalue weighted by Gasteiger charge is 2.51. The van der Waals surface area contributed by atoms with E-state index in [-0.39, 0.29) is 5.91 Å². The highest BCUT2D eigenvalue weighted by atomic mass is 32.1. The maximum atomic E-state index is 12.8. The Hall–Kier alpha value is -2.86. The first-order chi connectivity index (χ1) is 13.2. The highest BCUT2D eigenvalue weighted by Crippen LogP contribution is 2.49. The second kappa shape index (κ2) is 7.04. The summed E-state index contributed by atoms with van der Waals surface area (Å²) in [6, 6.07) is 15.6. The molecule has 0 bridgehead atoms. The van der Waals surface area contributed by atoms with Crippen molar-refractivity contribution in [1.82, 2.24) is 4.98 Å². The van der Waals surface area contributed by atoms with E-state index in [4.69, 9.17) is 9.47 Å². The van der Waals surface area contributed by atoms with Crippen molar-refractivity contribution >= 4 is 22.4 Å². The SMILES string of the molecule is COc1ccc(-c2csc(NC(=O)C3(c4ccccc4)CC3)n2)cc1OC. The van der Waals surface area contributed by atoms with Gasteiger partial charge in [-0.1, -0.05) is 30.3 Å².